The van der Waals surface area contributed by atoms with E-state index in [4.69, 9.17) is 14.5 Å². The van der Waals surface area contributed by atoms with Gasteiger partial charge >= 0.3 is 17.9 Å². The van der Waals surface area contributed by atoms with Gasteiger partial charge < -0.3 is 14.5 Å². The summed E-state index contributed by atoms with van der Waals surface area (Å²) in [4.78, 5) is 127. The van der Waals surface area contributed by atoms with Crippen molar-refractivity contribution < 1.29 is 57.9 Å². The Morgan fingerprint density at radius 3 is 0.983 bits per heavy atom. The number of rotatable bonds is 30. The minimum Gasteiger partial charge on any atom is -0.318 e. The molecule has 2 saturated carbocycles. The number of fused-ring (bicyclic) bond motifs is 9. The molecule has 0 aliphatic heterocycles. The second-order valence-electron chi connectivity index (χ2n) is 32.4. The fourth-order valence-corrected chi connectivity index (χ4v) is 19.3. The summed E-state index contributed by atoms with van der Waals surface area (Å²) < 4.78 is 0. The van der Waals surface area contributed by atoms with Crippen molar-refractivity contribution in [3.63, 3.8) is 0 Å². The fourth-order valence-electron chi connectivity index (χ4n) is 19.3. The van der Waals surface area contributed by atoms with Crippen molar-refractivity contribution in [3.8, 4) is 33.4 Å². The highest BCUT2D eigenvalue weighted by molar-refractivity contribution is 6.51. The Kier molecular flexibility index (Phi) is 28.6. The SMILES string of the molecule is CCCC1(CCC)c2cc(C(=O)/C(=N/OC(C)=O)c3ccccc3C)ccc2-c2ccc([N+](=O)[O-])cc21.CCCC1(CCC)c2cc(C(=O)/C(CC3CCCCC3)=N/OC(C)=O)ccc2-c2ccc(C(=O)c3ccccc3C)cc21.CCCC1(CCC)c2cc(C(=O)/C(CC3CCCCC3)=N/OC(C)=O)ccc2-c2ccc([N+](=O)[O-])cc21. The lowest BCUT2D eigenvalue weighted by Gasteiger charge is -2.32. The van der Waals surface area contributed by atoms with Crippen LogP contribution in [-0.4, -0.2) is 68.0 Å². The third-order valence-corrected chi connectivity index (χ3v) is 24.4. The summed E-state index contributed by atoms with van der Waals surface area (Å²) >= 11 is 0. The van der Waals surface area contributed by atoms with Crippen molar-refractivity contribution >= 4 is 69.6 Å². The summed E-state index contributed by atoms with van der Waals surface area (Å²) in [7, 11) is 0. The number of nitrogens with zero attached hydrogens (tertiary/aromatic N) is 5. The molecule has 117 heavy (non-hydrogen) atoms. The van der Waals surface area contributed by atoms with Gasteiger partial charge in [-0.25, -0.2) is 14.4 Å². The van der Waals surface area contributed by atoms with E-state index in [-0.39, 0.29) is 61.2 Å². The molecule has 19 nitrogen and oxygen atoms in total. The molecule has 0 heterocycles. The number of hydrogen-bond donors (Lipinski definition) is 0. The molecule has 0 saturated heterocycles. The van der Waals surface area contributed by atoms with Crippen LogP contribution in [0.15, 0.2) is 173 Å². The van der Waals surface area contributed by atoms with E-state index in [2.05, 4.69) is 81.3 Å². The number of carbonyl (C=O) groups excluding carboxylic acids is 7. The first kappa shape index (κ1) is 86.5. The molecule has 8 aromatic carbocycles. The van der Waals surface area contributed by atoms with E-state index in [1.54, 1.807) is 36.4 Å². The van der Waals surface area contributed by atoms with Gasteiger partial charge in [-0.05, 0) is 191 Å². The Balaban J connectivity index is 0.000000173. The van der Waals surface area contributed by atoms with Crippen LogP contribution in [0.3, 0.4) is 0 Å². The number of non-ortho nitro benzene ring substituents is 2. The molecule has 8 aromatic rings. The zero-order valence-corrected chi connectivity index (χ0v) is 69.6. The minimum absolute atomic E-state index is 0.0312. The smallest absolute Gasteiger partial charge is 0.318 e. The van der Waals surface area contributed by atoms with Gasteiger partial charge in [-0.15, -0.1) is 0 Å². The molecular formula is C98H109N5O14. The van der Waals surface area contributed by atoms with Crippen molar-refractivity contribution in [2.75, 3.05) is 0 Å². The lowest BCUT2D eigenvalue weighted by molar-refractivity contribution is -0.385. The molecule has 0 amide bonds. The van der Waals surface area contributed by atoms with Crippen LogP contribution in [0.2, 0.25) is 0 Å². The molecule has 2 fully saturated rings. The monoisotopic (exact) mass is 1580 g/mol. The van der Waals surface area contributed by atoms with Gasteiger partial charge in [0.2, 0.25) is 17.3 Å². The molecular weight excluding hydrogens is 1470 g/mol. The molecule has 0 N–H and O–H groups in total. The number of hydrogen-bond acceptors (Lipinski definition) is 17. The third-order valence-electron chi connectivity index (χ3n) is 24.4. The summed E-state index contributed by atoms with van der Waals surface area (Å²) in [5.41, 5.74) is 17.5. The van der Waals surface area contributed by atoms with Gasteiger partial charge in [-0.1, -0.05) is 257 Å². The summed E-state index contributed by atoms with van der Waals surface area (Å²) in [6.07, 6.45) is 22.8. The van der Waals surface area contributed by atoms with Crippen LogP contribution in [-0.2, 0) is 45.1 Å². The lowest BCUT2D eigenvalue weighted by atomic mass is 9.71. The maximum atomic E-state index is 14.0. The maximum absolute atomic E-state index is 14.0. The first-order valence-electron chi connectivity index (χ1n) is 42.0. The van der Waals surface area contributed by atoms with E-state index in [9.17, 15) is 53.8 Å². The highest BCUT2D eigenvalue weighted by atomic mass is 16.7. The van der Waals surface area contributed by atoms with Crippen molar-refractivity contribution in [1.82, 2.24) is 0 Å². The van der Waals surface area contributed by atoms with E-state index >= 15 is 0 Å². The van der Waals surface area contributed by atoms with Crippen LogP contribution in [0.5, 0.6) is 0 Å². The topological polar surface area (TPSA) is 271 Å². The number of oxime groups is 3. The number of nitro groups is 2. The Morgan fingerprint density at radius 2 is 0.658 bits per heavy atom. The van der Waals surface area contributed by atoms with E-state index in [1.165, 1.54) is 45.2 Å². The first-order valence-corrected chi connectivity index (χ1v) is 42.0. The molecule has 13 rings (SSSR count). The van der Waals surface area contributed by atoms with Gasteiger partial charge in [-0.3, -0.25) is 39.4 Å². The quantitative estimate of drug-likeness (QED) is 0.0133. The zero-order chi connectivity index (χ0) is 83.9. The van der Waals surface area contributed by atoms with Gasteiger partial charge in [0, 0.05) is 94.7 Å². The van der Waals surface area contributed by atoms with Crippen LogP contribution in [0, 0.1) is 45.9 Å². The van der Waals surface area contributed by atoms with Gasteiger partial charge in [0.25, 0.3) is 11.4 Å². The normalized spacial score (nSPS) is 15.4. The van der Waals surface area contributed by atoms with Gasteiger partial charge in [-0.2, -0.15) is 0 Å². The van der Waals surface area contributed by atoms with Crippen molar-refractivity contribution in [2.24, 2.45) is 27.3 Å². The predicted molar refractivity (Wildman–Crippen MR) is 459 cm³/mol. The number of Topliss-reactive ketones (excluding diaryl/α,β-unsaturated/α-hetero) is 3. The van der Waals surface area contributed by atoms with Gasteiger partial charge in [0.15, 0.2) is 11.5 Å². The number of benzene rings is 8. The molecule has 0 radical (unpaired) electrons. The number of carbonyl (C=O) groups is 7. The van der Waals surface area contributed by atoms with Crippen LogP contribution in [0.4, 0.5) is 11.4 Å². The Hall–Kier alpha value is -11.3. The number of nitro benzene ring substituents is 2. The predicted octanol–water partition coefficient (Wildman–Crippen LogP) is 23.6. The average molecular weight is 1580 g/mol. The fraction of sp³-hybridized carbons (Fsp3) is 0.408. The Labute approximate surface area is 686 Å². The van der Waals surface area contributed by atoms with Crippen molar-refractivity contribution in [3.05, 3.63) is 256 Å². The second kappa shape index (κ2) is 38.6. The van der Waals surface area contributed by atoms with Crippen molar-refractivity contribution in [1.29, 1.82) is 0 Å². The Bertz CT molecular complexity index is 5210. The summed E-state index contributed by atoms with van der Waals surface area (Å²) in [5, 5.41) is 35.2. The first-order chi connectivity index (χ1) is 56.3. The standard InChI is InChI=1S/C38H43NO4.C30H30N2O5.C30H36N2O5/c1-5-20-38(21-6-2)33-23-28(36(41)30-15-11-10-12-25(30)3)16-18-31(33)32-19-17-29(24-34(32)38)37(42)35(39-43-26(4)40)22-27-13-8-7-9-14-27;1-5-15-30(16-6-2)26-17-21(11-13-24(26)25-14-12-22(32(35)36)18-27(25)30)29(34)28(31-37-20(4)33)23-10-8-7-9-19(23)3;1-4-15-30(16-5-2)26-18-22(11-13-24(26)25-14-12-23(32(35)36)19-27(25)30)29(34)28(31-37-20(3)33)17-21-9-7-6-8-10-21/h10-12,15-19,23-24,27H,5-9,13-14,20-22H2,1-4H3;7-14,17-18H,5-6,15-16H2,1-4H3;11-14,18-19,21H,4-10,15-17H2,1-3H3/b39-35+;2*31-28+. The summed E-state index contributed by atoms with van der Waals surface area (Å²) in [5.74, 6) is -1.70. The molecule has 0 bridgehead atoms. The molecule has 610 valence electrons. The highest BCUT2D eigenvalue weighted by Gasteiger charge is 2.47. The zero-order valence-electron chi connectivity index (χ0n) is 69.6. The molecule has 5 aliphatic rings. The lowest BCUT2D eigenvalue weighted by Crippen LogP contribution is -2.26. The molecule has 5 aliphatic carbocycles. The molecule has 0 spiro atoms. The van der Waals surface area contributed by atoms with E-state index in [1.807, 2.05) is 105 Å². The second-order valence-corrected chi connectivity index (χ2v) is 32.4. The van der Waals surface area contributed by atoms with Gasteiger partial charge in [0.1, 0.15) is 11.4 Å². The van der Waals surface area contributed by atoms with Crippen LogP contribution >= 0.6 is 0 Å². The van der Waals surface area contributed by atoms with E-state index in [0.29, 0.717) is 58.2 Å². The summed E-state index contributed by atoms with van der Waals surface area (Å²) in [6, 6.07) is 48.7. The van der Waals surface area contributed by atoms with E-state index in [0.717, 1.165) is 206 Å². The number of ketones is 4. The summed E-state index contributed by atoms with van der Waals surface area (Å²) in [6.45, 7) is 20.5. The van der Waals surface area contributed by atoms with Crippen LogP contribution in [0.1, 0.15) is 313 Å². The molecule has 0 unspecified atom stereocenters. The minimum atomic E-state index is -0.616. The number of aryl methyl sites for hydroxylation is 2. The Morgan fingerprint density at radius 1 is 0.368 bits per heavy atom. The van der Waals surface area contributed by atoms with Crippen LogP contribution < -0.4 is 0 Å². The third kappa shape index (κ3) is 18.6. The maximum Gasteiger partial charge on any atom is 0.332 e. The highest BCUT2D eigenvalue weighted by Crippen LogP contribution is 2.58. The van der Waals surface area contributed by atoms with Crippen LogP contribution in [0.25, 0.3) is 33.4 Å². The molecule has 0 aromatic heterocycles. The van der Waals surface area contributed by atoms with E-state index < -0.39 is 28.7 Å². The van der Waals surface area contributed by atoms with Gasteiger partial charge in [0.05, 0.1) is 9.85 Å². The average Bonchev–Trinajstić information content (AvgIpc) is 1.58. The largest absolute Gasteiger partial charge is 0.332 e. The van der Waals surface area contributed by atoms with Crippen molar-refractivity contribution in [2.45, 2.75) is 247 Å². The molecule has 19 heteroatoms. The molecule has 0 atom stereocenters.